The molecule has 0 fully saturated rings. The molecule has 0 aromatic heterocycles. The molecule has 0 saturated carbocycles. The molecule has 4 heteroatoms. The van der Waals surface area contributed by atoms with Crippen LogP contribution in [0.3, 0.4) is 0 Å². The summed E-state index contributed by atoms with van der Waals surface area (Å²) in [5.74, 6) is 0.705. The molecule has 1 N–H and O–H groups in total. The molecule has 1 aromatic carbocycles. The average Bonchev–Trinajstić information content (AvgIpc) is 2.34. The monoisotopic (exact) mass is 249 g/mol. The Hall–Kier alpha value is -1.65. The van der Waals surface area contributed by atoms with Crippen molar-refractivity contribution in [2.24, 2.45) is 0 Å². The number of benzene rings is 1. The highest BCUT2D eigenvalue weighted by atomic mass is 16.5. The van der Waals surface area contributed by atoms with Gasteiger partial charge < -0.3 is 14.7 Å². The van der Waals surface area contributed by atoms with Crippen LogP contribution in [-0.4, -0.2) is 49.6 Å². The third kappa shape index (κ3) is 5.61. The number of carbonyl (C=O) groups is 1. The van der Waals surface area contributed by atoms with E-state index in [0.29, 0.717) is 12.3 Å². The van der Waals surface area contributed by atoms with Crippen LogP contribution in [0.15, 0.2) is 30.3 Å². The summed E-state index contributed by atoms with van der Waals surface area (Å²) in [5.41, 5.74) is 0.934. The number of carbonyl (C=O) groups excluding carboxylic acids is 1. The smallest absolute Gasteiger partial charge is 0.142 e. The minimum Gasteiger partial charge on any atom is -0.491 e. The topological polar surface area (TPSA) is 49.8 Å². The van der Waals surface area contributed by atoms with Gasteiger partial charge in [-0.2, -0.15) is 0 Å². The van der Waals surface area contributed by atoms with Gasteiger partial charge in [0.25, 0.3) is 0 Å². The molecule has 0 aliphatic heterocycles. The molecule has 0 aliphatic carbocycles. The van der Waals surface area contributed by atoms with Crippen molar-refractivity contribution >= 4 is 12.4 Å². The molecular weight excluding hydrogens is 230 g/mol. The third-order valence-electron chi connectivity index (χ3n) is 2.27. The van der Waals surface area contributed by atoms with Crippen molar-refractivity contribution in [2.75, 3.05) is 27.2 Å². The molecule has 0 amide bonds. The Balaban J connectivity index is 2.43. The Kier molecular flexibility index (Phi) is 6.11. The van der Waals surface area contributed by atoms with E-state index in [1.807, 2.05) is 43.3 Å². The van der Waals surface area contributed by atoms with Gasteiger partial charge in [0.2, 0.25) is 0 Å². The van der Waals surface area contributed by atoms with Gasteiger partial charge in [-0.25, -0.2) is 0 Å². The maximum absolute atomic E-state index is 10.2. The number of likely N-dealkylation sites (N-methyl/N-ethyl adjacent to an activating group) is 1. The Morgan fingerprint density at radius 1 is 1.33 bits per heavy atom. The van der Waals surface area contributed by atoms with Gasteiger partial charge in [-0.15, -0.1) is 0 Å². The SMILES string of the molecule is CN(C)CC(O)COc1ccc(C=CC=O)cc1. The highest BCUT2D eigenvalue weighted by Crippen LogP contribution is 2.13. The van der Waals surface area contributed by atoms with Crippen molar-refractivity contribution in [3.05, 3.63) is 35.9 Å². The maximum atomic E-state index is 10.2. The van der Waals surface area contributed by atoms with Gasteiger partial charge >= 0.3 is 0 Å². The Bertz CT molecular complexity index is 385. The second kappa shape index (κ2) is 7.63. The summed E-state index contributed by atoms with van der Waals surface area (Å²) < 4.78 is 5.46. The number of hydrogen-bond acceptors (Lipinski definition) is 4. The van der Waals surface area contributed by atoms with Crippen molar-refractivity contribution in [3.8, 4) is 5.75 Å². The van der Waals surface area contributed by atoms with E-state index >= 15 is 0 Å². The van der Waals surface area contributed by atoms with Crippen LogP contribution in [0.25, 0.3) is 6.08 Å². The third-order valence-corrected chi connectivity index (χ3v) is 2.27. The molecule has 98 valence electrons. The number of aliphatic hydroxyl groups is 1. The van der Waals surface area contributed by atoms with Crippen molar-refractivity contribution in [3.63, 3.8) is 0 Å². The van der Waals surface area contributed by atoms with E-state index in [1.165, 1.54) is 6.08 Å². The average molecular weight is 249 g/mol. The lowest BCUT2D eigenvalue weighted by Gasteiger charge is -2.16. The summed E-state index contributed by atoms with van der Waals surface area (Å²) in [6.07, 6.45) is 3.39. The lowest BCUT2D eigenvalue weighted by molar-refractivity contribution is -0.104. The highest BCUT2D eigenvalue weighted by Gasteiger charge is 2.06. The summed E-state index contributed by atoms with van der Waals surface area (Å²) in [5, 5.41) is 9.63. The number of nitrogens with zero attached hydrogens (tertiary/aromatic N) is 1. The lowest BCUT2D eigenvalue weighted by atomic mass is 10.2. The standard InChI is InChI=1S/C14H19NO3/c1-15(2)10-13(17)11-18-14-7-5-12(6-8-14)4-3-9-16/h3-9,13,17H,10-11H2,1-2H3. The highest BCUT2D eigenvalue weighted by molar-refractivity contribution is 5.73. The first kappa shape index (κ1) is 14.4. The van der Waals surface area contributed by atoms with Crippen molar-refractivity contribution in [1.82, 2.24) is 4.90 Å². The van der Waals surface area contributed by atoms with Gasteiger partial charge in [0.1, 0.15) is 24.7 Å². The zero-order chi connectivity index (χ0) is 13.4. The van der Waals surface area contributed by atoms with Crippen LogP contribution in [0.4, 0.5) is 0 Å². The van der Waals surface area contributed by atoms with Gasteiger partial charge in [-0.1, -0.05) is 18.2 Å². The fourth-order valence-corrected chi connectivity index (χ4v) is 1.49. The molecule has 1 unspecified atom stereocenters. The van der Waals surface area contributed by atoms with Crippen LogP contribution in [0.1, 0.15) is 5.56 Å². The molecular formula is C14H19NO3. The quantitative estimate of drug-likeness (QED) is 0.583. The summed E-state index contributed by atoms with van der Waals surface area (Å²) in [6.45, 7) is 0.835. The van der Waals surface area contributed by atoms with Crippen LogP contribution in [0.2, 0.25) is 0 Å². The van der Waals surface area contributed by atoms with E-state index in [1.54, 1.807) is 6.08 Å². The van der Waals surface area contributed by atoms with E-state index in [2.05, 4.69) is 0 Å². The predicted octanol–water partition coefficient (Wildman–Crippen LogP) is 1.20. The molecule has 4 nitrogen and oxygen atoms in total. The minimum absolute atomic E-state index is 0.266. The maximum Gasteiger partial charge on any atom is 0.142 e. The van der Waals surface area contributed by atoms with Gasteiger partial charge in [0, 0.05) is 6.54 Å². The van der Waals surface area contributed by atoms with Crippen molar-refractivity contribution < 1.29 is 14.6 Å². The largest absolute Gasteiger partial charge is 0.491 e. The fraction of sp³-hybridized carbons (Fsp3) is 0.357. The first-order chi connectivity index (χ1) is 8.61. The molecule has 18 heavy (non-hydrogen) atoms. The summed E-state index contributed by atoms with van der Waals surface area (Å²) >= 11 is 0. The van der Waals surface area contributed by atoms with E-state index in [0.717, 1.165) is 11.8 Å². The Labute approximate surface area is 107 Å². The van der Waals surface area contributed by atoms with E-state index < -0.39 is 6.10 Å². The second-order valence-electron chi connectivity index (χ2n) is 4.29. The van der Waals surface area contributed by atoms with Gasteiger partial charge in [0.05, 0.1) is 0 Å². The number of aldehydes is 1. The molecule has 1 atom stereocenters. The first-order valence-corrected chi connectivity index (χ1v) is 5.79. The van der Waals surface area contributed by atoms with Crippen LogP contribution in [0, 0.1) is 0 Å². The van der Waals surface area contributed by atoms with Gasteiger partial charge in [-0.05, 0) is 37.9 Å². The summed E-state index contributed by atoms with van der Waals surface area (Å²) in [4.78, 5) is 12.1. The minimum atomic E-state index is -0.505. The number of allylic oxidation sites excluding steroid dienone is 1. The molecule has 1 aromatic rings. The van der Waals surface area contributed by atoms with Crippen molar-refractivity contribution in [1.29, 1.82) is 0 Å². The zero-order valence-corrected chi connectivity index (χ0v) is 10.7. The predicted molar refractivity (Wildman–Crippen MR) is 71.6 cm³/mol. The molecule has 0 aliphatic rings. The van der Waals surface area contributed by atoms with Crippen LogP contribution in [0.5, 0.6) is 5.75 Å². The van der Waals surface area contributed by atoms with Crippen LogP contribution >= 0.6 is 0 Å². The summed E-state index contributed by atoms with van der Waals surface area (Å²) in [6, 6.07) is 7.33. The molecule has 0 heterocycles. The Morgan fingerprint density at radius 2 is 2.00 bits per heavy atom. The molecule has 0 saturated heterocycles. The van der Waals surface area contributed by atoms with E-state index in [-0.39, 0.29) is 6.61 Å². The van der Waals surface area contributed by atoms with E-state index in [9.17, 15) is 9.90 Å². The fourth-order valence-electron chi connectivity index (χ4n) is 1.49. The number of ether oxygens (including phenoxy) is 1. The Morgan fingerprint density at radius 3 is 2.56 bits per heavy atom. The van der Waals surface area contributed by atoms with Crippen molar-refractivity contribution in [2.45, 2.75) is 6.10 Å². The second-order valence-corrected chi connectivity index (χ2v) is 4.29. The van der Waals surface area contributed by atoms with Gasteiger partial charge in [-0.3, -0.25) is 4.79 Å². The summed E-state index contributed by atoms with van der Waals surface area (Å²) in [7, 11) is 3.80. The molecule has 1 rings (SSSR count). The van der Waals surface area contributed by atoms with Crippen LogP contribution < -0.4 is 4.74 Å². The molecule has 0 radical (unpaired) electrons. The first-order valence-electron chi connectivity index (χ1n) is 5.79. The van der Waals surface area contributed by atoms with E-state index in [4.69, 9.17) is 4.74 Å². The number of rotatable bonds is 7. The number of aliphatic hydroxyl groups excluding tert-OH is 1. The van der Waals surface area contributed by atoms with Gasteiger partial charge in [0.15, 0.2) is 0 Å². The normalized spacial score (nSPS) is 12.9. The van der Waals surface area contributed by atoms with Crippen LogP contribution in [-0.2, 0) is 4.79 Å². The molecule has 0 bridgehead atoms. The number of hydrogen-bond donors (Lipinski definition) is 1. The lowest BCUT2D eigenvalue weighted by Crippen LogP contribution is -2.30. The molecule has 0 spiro atoms. The zero-order valence-electron chi connectivity index (χ0n) is 10.7.